The van der Waals surface area contributed by atoms with Crippen LogP contribution in [-0.4, -0.2) is 21.7 Å². The summed E-state index contributed by atoms with van der Waals surface area (Å²) in [6.07, 6.45) is 1.38. The number of hydrogen-bond donors (Lipinski definition) is 1. The number of hydrogen-bond acceptors (Lipinski definition) is 4. The molecule has 2 aromatic carbocycles. The van der Waals surface area contributed by atoms with Crippen LogP contribution in [0.15, 0.2) is 58.5 Å². The van der Waals surface area contributed by atoms with Crippen molar-refractivity contribution in [3.05, 3.63) is 59.1 Å². The standard InChI is InChI=1S/C14H13ClN2O3S/c1-20-14-5-3-2-4-11(14)10-16-17-21(18,19)13-8-6-12(15)7-9-13/h2-10,17H,1H3. The number of methoxy groups -OCH3 is 1. The number of halogens is 1. The summed E-state index contributed by atoms with van der Waals surface area (Å²) in [6.45, 7) is 0. The summed E-state index contributed by atoms with van der Waals surface area (Å²) in [5.41, 5.74) is 0.666. The SMILES string of the molecule is COc1ccccc1C=NNS(=O)(=O)c1ccc(Cl)cc1. The fourth-order valence-electron chi connectivity index (χ4n) is 1.60. The Bertz CT molecular complexity index is 743. The largest absolute Gasteiger partial charge is 0.496 e. The van der Waals surface area contributed by atoms with Gasteiger partial charge in [-0.15, -0.1) is 0 Å². The number of hydrazone groups is 1. The summed E-state index contributed by atoms with van der Waals surface area (Å²) in [4.78, 5) is 2.22. The molecule has 0 aliphatic rings. The molecular weight excluding hydrogens is 312 g/mol. The average molecular weight is 325 g/mol. The zero-order valence-corrected chi connectivity index (χ0v) is 12.7. The summed E-state index contributed by atoms with van der Waals surface area (Å²) in [6, 6.07) is 13.0. The van der Waals surface area contributed by atoms with E-state index in [0.29, 0.717) is 16.3 Å². The highest BCUT2D eigenvalue weighted by Crippen LogP contribution is 2.15. The Kier molecular flexibility index (Phi) is 4.82. The van der Waals surface area contributed by atoms with Gasteiger partial charge in [-0.25, -0.2) is 4.83 Å². The molecule has 0 heterocycles. The third-order valence-corrected chi connectivity index (χ3v) is 4.13. The molecule has 0 saturated heterocycles. The van der Waals surface area contributed by atoms with Crippen molar-refractivity contribution in [2.24, 2.45) is 5.10 Å². The first-order chi connectivity index (χ1) is 10.0. The van der Waals surface area contributed by atoms with Gasteiger partial charge in [-0.05, 0) is 36.4 Å². The Morgan fingerprint density at radius 1 is 1.14 bits per heavy atom. The first kappa shape index (κ1) is 15.3. The van der Waals surface area contributed by atoms with Crippen LogP contribution in [-0.2, 0) is 10.0 Å². The Balaban J connectivity index is 2.14. The Hall–Kier alpha value is -2.05. The van der Waals surface area contributed by atoms with Gasteiger partial charge in [0.2, 0.25) is 0 Å². The Morgan fingerprint density at radius 2 is 1.81 bits per heavy atom. The van der Waals surface area contributed by atoms with E-state index in [1.807, 2.05) is 6.07 Å². The number of nitrogens with one attached hydrogen (secondary N) is 1. The van der Waals surface area contributed by atoms with E-state index in [4.69, 9.17) is 16.3 Å². The summed E-state index contributed by atoms with van der Waals surface area (Å²) < 4.78 is 29.1. The van der Waals surface area contributed by atoms with E-state index < -0.39 is 10.0 Å². The van der Waals surface area contributed by atoms with Crippen LogP contribution in [0.2, 0.25) is 5.02 Å². The van der Waals surface area contributed by atoms with E-state index in [2.05, 4.69) is 9.93 Å². The lowest BCUT2D eigenvalue weighted by molar-refractivity contribution is 0.414. The summed E-state index contributed by atoms with van der Waals surface area (Å²) >= 11 is 5.72. The molecule has 21 heavy (non-hydrogen) atoms. The lowest BCUT2D eigenvalue weighted by atomic mass is 10.2. The van der Waals surface area contributed by atoms with Crippen LogP contribution >= 0.6 is 11.6 Å². The average Bonchev–Trinajstić information content (AvgIpc) is 2.48. The highest BCUT2D eigenvalue weighted by atomic mass is 35.5. The minimum Gasteiger partial charge on any atom is -0.496 e. The van der Waals surface area contributed by atoms with Crippen LogP contribution in [0.1, 0.15) is 5.56 Å². The van der Waals surface area contributed by atoms with Crippen LogP contribution in [0.25, 0.3) is 0 Å². The van der Waals surface area contributed by atoms with Crippen LogP contribution in [0.3, 0.4) is 0 Å². The minimum absolute atomic E-state index is 0.0871. The molecule has 0 aliphatic heterocycles. The van der Waals surface area contributed by atoms with Gasteiger partial charge in [0, 0.05) is 10.6 Å². The monoisotopic (exact) mass is 324 g/mol. The second-order valence-electron chi connectivity index (χ2n) is 4.05. The fourth-order valence-corrected chi connectivity index (χ4v) is 2.52. The maximum absolute atomic E-state index is 12.0. The molecule has 0 spiro atoms. The highest BCUT2D eigenvalue weighted by molar-refractivity contribution is 7.89. The van der Waals surface area contributed by atoms with Gasteiger partial charge < -0.3 is 4.74 Å². The normalized spacial score (nSPS) is 11.5. The van der Waals surface area contributed by atoms with E-state index in [1.165, 1.54) is 37.6 Å². The Labute approximate surface area is 128 Å². The lowest BCUT2D eigenvalue weighted by Gasteiger charge is -2.05. The molecule has 0 amide bonds. The summed E-state index contributed by atoms with van der Waals surface area (Å²) in [7, 11) is -2.18. The Morgan fingerprint density at radius 3 is 2.48 bits per heavy atom. The second kappa shape index (κ2) is 6.60. The second-order valence-corrected chi connectivity index (χ2v) is 6.15. The van der Waals surface area contributed by atoms with Crippen molar-refractivity contribution in [1.29, 1.82) is 0 Å². The van der Waals surface area contributed by atoms with Crippen molar-refractivity contribution >= 4 is 27.8 Å². The van der Waals surface area contributed by atoms with Crippen LogP contribution < -0.4 is 9.57 Å². The van der Waals surface area contributed by atoms with Gasteiger partial charge in [-0.1, -0.05) is 23.7 Å². The molecule has 0 saturated carbocycles. The number of ether oxygens (including phenoxy) is 1. The molecule has 2 rings (SSSR count). The van der Waals surface area contributed by atoms with Crippen LogP contribution in [0.5, 0.6) is 5.75 Å². The number of benzene rings is 2. The lowest BCUT2D eigenvalue weighted by Crippen LogP contribution is -2.18. The van der Waals surface area contributed by atoms with Gasteiger partial charge in [0.1, 0.15) is 5.75 Å². The molecular formula is C14H13ClN2O3S. The molecule has 110 valence electrons. The maximum Gasteiger partial charge on any atom is 0.276 e. The molecule has 0 aromatic heterocycles. The summed E-state index contributed by atoms with van der Waals surface area (Å²) in [5.74, 6) is 0.604. The third kappa shape index (κ3) is 3.96. The topological polar surface area (TPSA) is 67.8 Å². The molecule has 0 fully saturated rings. The first-order valence-corrected chi connectivity index (χ1v) is 7.82. The van der Waals surface area contributed by atoms with Gasteiger partial charge in [0.15, 0.2) is 0 Å². The van der Waals surface area contributed by atoms with Crippen molar-refractivity contribution < 1.29 is 13.2 Å². The third-order valence-electron chi connectivity index (χ3n) is 2.64. The highest BCUT2D eigenvalue weighted by Gasteiger charge is 2.12. The fraction of sp³-hybridized carbons (Fsp3) is 0.0714. The maximum atomic E-state index is 12.0. The summed E-state index contributed by atoms with van der Waals surface area (Å²) in [5, 5.41) is 4.21. The minimum atomic E-state index is -3.71. The molecule has 0 radical (unpaired) electrons. The van der Waals surface area contributed by atoms with Crippen molar-refractivity contribution in [3.63, 3.8) is 0 Å². The number of nitrogens with zero attached hydrogens (tertiary/aromatic N) is 1. The molecule has 7 heteroatoms. The van der Waals surface area contributed by atoms with E-state index in [9.17, 15) is 8.42 Å². The molecule has 0 unspecified atom stereocenters. The van der Waals surface area contributed by atoms with E-state index in [-0.39, 0.29) is 4.90 Å². The smallest absolute Gasteiger partial charge is 0.276 e. The molecule has 5 nitrogen and oxygen atoms in total. The van der Waals surface area contributed by atoms with Crippen molar-refractivity contribution in [1.82, 2.24) is 4.83 Å². The number of sulfonamides is 1. The van der Waals surface area contributed by atoms with E-state index in [1.54, 1.807) is 18.2 Å². The molecule has 2 aromatic rings. The van der Waals surface area contributed by atoms with Crippen molar-refractivity contribution in [2.45, 2.75) is 4.90 Å². The predicted molar refractivity (Wildman–Crippen MR) is 82.4 cm³/mol. The van der Waals surface area contributed by atoms with Gasteiger partial charge >= 0.3 is 0 Å². The molecule has 0 atom stereocenters. The van der Waals surface area contributed by atoms with Crippen molar-refractivity contribution in [3.8, 4) is 5.75 Å². The van der Waals surface area contributed by atoms with E-state index >= 15 is 0 Å². The van der Waals surface area contributed by atoms with Gasteiger partial charge in [0.05, 0.1) is 18.2 Å². The zero-order chi connectivity index (χ0) is 15.3. The van der Waals surface area contributed by atoms with Crippen molar-refractivity contribution in [2.75, 3.05) is 7.11 Å². The van der Waals surface area contributed by atoms with Gasteiger partial charge in [-0.2, -0.15) is 13.5 Å². The predicted octanol–water partition coefficient (Wildman–Crippen LogP) is 2.66. The van der Waals surface area contributed by atoms with Crippen LogP contribution in [0.4, 0.5) is 0 Å². The molecule has 0 bridgehead atoms. The van der Waals surface area contributed by atoms with Crippen LogP contribution in [0, 0.1) is 0 Å². The number of rotatable bonds is 5. The number of para-hydroxylation sites is 1. The van der Waals surface area contributed by atoms with Gasteiger partial charge in [0.25, 0.3) is 10.0 Å². The van der Waals surface area contributed by atoms with E-state index in [0.717, 1.165) is 0 Å². The molecule has 1 N–H and O–H groups in total. The molecule has 0 aliphatic carbocycles. The zero-order valence-electron chi connectivity index (χ0n) is 11.2. The van der Waals surface area contributed by atoms with Gasteiger partial charge in [-0.3, -0.25) is 0 Å². The first-order valence-electron chi connectivity index (χ1n) is 5.96. The quantitative estimate of drug-likeness (QED) is 0.679.